The van der Waals surface area contributed by atoms with Crippen LogP contribution < -0.4 is 15.0 Å². The predicted molar refractivity (Wildman–Crippen MR) is 123 cm³/mol. The summed E-state index contributed by atoms with van der Waals surface area (Å²) in [4.78, 5) is 16.2. The number of rotatable bonds is 8. The highest BCUT2D eigenvalue weighted by Gasteiger charge is 2.20. The fraction of sp³-hybridized carbons (Fsp3) is 0.478. The largest absolute Gasteiger partial charge is 0.492 e. The molecule has 0 aliphatic carbocycles. The maximum absolute atomic E-state index is 5.99. The number of nitrogens with one attached hydrogen (secondary N) is 1. The molecule has 0 saturated carbocycles. The van der Waals surface area contributed by atoms with Gasteiger partial charge in [0.1, 0.15) is 18.2 Å². The van der Waals surface area contributed by atoms with E-state index in [4.69, 9.17) is 9.73 Å². The van der Waals surface area contributed by atoms with E-state index in [1.165, 1.54) is 0 Å². The molecule has 0 atom stereocenters. The summed E-state index contributed by atoms with van der Waals surface area (Å²) in [6.45, 7) is 8.83. The number of likely N-dealkylation sites (N-methyl/N-ethyl adjacent to an activating group) is 1. The van der Waals surface area contributed by atoms with Gasteiger partial charge in [0.15, 0.2) is 5.96 Å². The summed E-state index contributed by atoms with van der Waals surface area (Å²) in [5.74, 6) is 2.92. The van der Waals surface area contributed by atoms with Gasteiger partial charge in [-0.1, -0.05) is 24.3 Å². The molecular weight excluding hydrogens is 376 g/mol. The molecule has 7 heteroatoms. The van der Waals surface area contributed by atoms with Gasteiger partial charge in [-0.05, 0) is 39.2 Å². The lowest BCUT2D eigenvalue weighted by Crippen LogP contribution is -2.52. The smallest absolute Gasteiger partial charge is 0.194 e. The number of benzene rings is 1. The van der Waals surface area contributed by atoms with Gasteiger partial charge in [0, 0.05) is 51.0 Å². The van der Waals surface area contributed by atoms with Crippen LogP contribution in [-0.2, 0) is 6.54 Å². The van der Waals surface area contributed by atoms with Crippen molar-refractivity contribution < 1.29 is 4.74 Å². The Morgan fingerprint density at radius 2 is 1.87 bits per heavy atom. The minimum Gasteiger partial charge on any atom is -0.492 e. The quantitative estimate of drug-likeness (QED) is 0.532. The fourth-order valence-corrected chi connectivity index (χ4v) is 3.39. The van der Waals surface area contributed by atoms with E-state index in [0.717, 1.165) is 62.4 Å². The normalized spacial score (nSPS) is 14.9. The Morgan fingerprint density at radius 3 is 2.57 bits per heavy atom. The van der Waals surface area contributed by atoms with Gasteiger partial charge in [-0.2, -0.15) is 0 Å². The van der Waals surface area contributed by atoms with Crippen LogP contribution >= 0.6 is 0 Å². The lowest BCUT2D eigenvalue weighted by atomic mass is 10.2. The monoisotopic (exact) mass is 410 g/mol. The summed E-state index contributed by atoms with van der Waals surface area (Å²) in [5, 5.41) is 3.45. The first kappa shape index (κ1) is 21.9. The van der Waals surface area contributed by atoms with E-state index in [-0.39, 0.29) is 0 Å². The van der Waals surface area contributed by atoms with Gasteiger partial charge in [-0.3, -0.25) is 0 Å². The molecule has 30 heavy (non-hydrogen) atoms. The Balaban J connectivity index is 1.61. The number of aliphatic imine (C=N–C) groups is 1. The molecule has 2 heterocycles. The average Bonchev–Trinajstić information content (AvgIpc) is 2.78. The first-order valence-electron chi connectivity index (χ1n) is 10.7. The predicted octanol–water partition coefficient (Wildman–Crippen LogP) is 2.31. The number of hydrogen-bond acceptors (Lipinski definition) is 5. The first-order valence-corrected chi connectivity index (χ1v) is 10.7. The van der Waals surface area contributed by atoms with Crippen molar-refractivity contribution in [3.8, 4) is 5.75 Å². The molecule has 1 fully saturated rings. The van der Waals surface area contributed by atoms with Crippen molar-refractivity contribution in [3.63, 3.8) is 0 Å². The van der Waals surface area contributed by atoms with Crippen LogP contribution in [0.5, 0.6) is 5.75 Å². The van der Waals surface area contributed by atoms with Crippen molar-refractivity contribution in [3.05, 3.63) is 54.2 Å². The molecule has 7 nitrogen and oxygen atoms in total. The molecule has 1 aliphatic rings. The maximum Gasteiger partial charge on any atom is 0.194 e. The molecule has 0 unspecified atom stereocenters. The van der Waals surface area contributed by atoms with Crippen LogP contribution in [0.4, 0.5) is 5.82 Å². The first-order chi connectivity index (χ1) is 14.7. The highest BCUT2D eigenvalue weighted by atomic mass is 16.5. The van der Waals surface area contributed by atoms with E-state index in [1.54, 1.807) is 0 Å². The molecule has 2 aromatic rings. The van der Waals surface area contributed by atoms with Crippen molar-refractivity contribution in [1.29, 1.82) is 0 Å². The topological polar surface area (TPSA) is 56.2 Å². The van der Waals surface area contributed by atoms with E-state index in [9.17, 15) is 0 Å². The molecule has 1 aromatic heterocycles. The van der Waals surface area contributed by atoms with E-state index < -0.39 is 0 Å². The maximum atomic E-state index is 5.99. The van der Waals surface area contributed by atoms with Crippen molar-refractivity contribution >= 4 is 11.8 Å². The number of anilines is 1. The molecule has 162 valence electrons. The van der Waals surface area contributed by atoms with E-state index in [2.05, 4.69) is 58.2 Å². The summed E-state index contributed by atoms with van der Waals surface area (Å²) in [7, 11) is 4.10. The number of nitrogens with zero attached hydrogens (tertiary/aromatic N) is 5. The number of hydrogen-bond donors (Lipinski definition) is 1. The van der Waals surface area contributed by atoms with Crippen molar-refractivity contribution in [2.75, 3.05) is 64.9 Å². The number of aromatic nitrogens is 1. The fourth-order valence-electron chi connectivity index (χ4n) is 3.39. The van der Waals surface area contributed by atoms with E-state index >= 15 is 0 Å². The Hall–Kier alpha value is -2.80. The van der Waals surface area contributed by atoms with E-state index in [1.807, 2.05) is 36.5 Å². The van der Waals surface area contributed by atoms with Gasteiger partial charge in [-0.25, -0.2) is 9.98 Å². The van der Waals surface area contributed by atoms with Crippen LogP contribution in [0.3, 0.4) is 0 Å². The Labute approximate surface area is 180 Å². The molecule has 0 amide bonds. The second-order valence-electron chi connectivity index (χ2n) is 7.59. The number of para-hydroxylation sites is 1. The van der Waals surface area contributed by atoms with Crippen LogP contribution in [0.15, 0.2) is 53.7 Å². The Bertz CT molecular complexity index is 787. The molecule has 0 bridgehead atoms. The van der Waals surface area contributed by atoms with Crippen LogP contribution in [-0.4, -0.2) is 80.7 Å². The number of pyridine rings is 1. The highest BCUT2D eigenvalue weighted by molar-refractivity contribution is 5.80. The summed E-state index contributed by atoms with van der Waals surface area (Å²) < 4.78 is 5.99. The third-order valence-electron chi connectivity index (χ3n) is 5.06. The van der Waals surface area contributed by atoms with Gasteiger partial charge in [0.25, 0.3) is 0 Å². The van der Waals surface area contributed by atoms with Crippen LogP contribution in [0.25, 0.3) is 0 Å². The molecule has 1 saturated heterocycles. The zero-order chi connectivity index (χ0) is 21.2. The third kappa shape index (κ3) is 6.35. The van der Waals surface area contributed by atoms with Crippen LogP contribution in [0.1, 0.15) is 12.5 Å². The minimum absolute atomic E-state index is 0.598. The Morgan fingerprint density at radius 1 is 1.10 bits per heavy atom. The molecule has 1 N–H and O–H groups in total. The van der Waals surface area contributed by atoms with Crippen molar-refractivity contribution in [2.24, 2.45) is 4.99 Å². The van der Waals surface area contributed by atoms with Gasteiger partial charge < -0.3 is 24.8 Å². The van der Waals surface area contributed by atoms with Gasteiger partial charge >= 0.3 is 0 Å². The molecular formula is C23H34N6O. The molecule has 0 spiro atoms. The van der Waals surface area contributed by atoms with Gasteiger partial charge in [0.05, 0.1) is 6.54 Å². The minimum atomic E-state index is 0.598. The summed E-state index contributed by atoms with van der Waals surface area (Å²) in [6.07, 6.45) is 1.85. The summed E-state index contributed by atoms with van der Waals surface area (Å²) in [5.41, 5.74) is 1.11. The summed E-state index contributed by atoms with van der Waals surface area (Å²) in [6, 6.07) is 14.2. The number of ether oxygens (including phenoxy) is 1. The van der Waals surface area contributed by atoms with Crippen molar-refractivity contribution in [1.82, 2.24) is 20.1 Å². The second kappa shape index (κ2) is 11.4. The highest BCUT2D eigenvalue weighted by Crippen LogP contribution is 2.19. The average molecular weight is 411 g/mol. The zero-order valence-corrected chi connectivity index (χ0v) is 18.4. The molecule has 1 aromatic carbocycles. The van der Waals surface area contributed by atoms with Gasteiger partial charge in [-0.15, -0.1) is 0 Å². The molecule has 0 radical (unpaired) electrons. The standard InChI is InChI=1S/C23H34N6O/c1-4-24-23(29-15-13-28(14-16-29)22-11-7-8-12-25-22)26-19-20-9-5-6-10-21(20)30-18-17-27(2)3/h5-12H,4,13-19H2,1-3H3,(H,24,26). The third-order valence-corrected chi connectivity index (χ3v) is 5.06. The Kier molecular flexibility index (Phi) is 8.32. The lowest BCUT2D eigenvalue weighted by molar-refractivity contribution is 0.259. The second-order valence-corrected chi connectivity index (χ2v) is 7.59. The zero-order valence-electron chi connectivity index (χ0n) is 18.4. The summed E-state index contributed by atoms with van der Waals surface area (Å²) >= 11 is 0. The number of piperazine rings is 1. The SMILES string of the molecule is CCNC(=NCc1ccccc1OCCN(C)C)N1CCN(c2ccccn2)CC1. The van der Waals surface area contributed by atoms with Crippen LogP contribution in [0.2, 0.25) is 0 Å². The van der Waals surface area contributed by atoms with Crippen LogP contribution in [0, 0.1) is 0 Å². The molecule has 3 rings (SSSR count). The number of guanidine groups is 1. The molecule has 1 aliphatic heterocycles. The lowest BCUT2D eigenvalue weighted by Gasteiger charge is -2.37. The van der Waals surface area contributed by atoms with Crippen molar-refractivity contribution in [2.45, 2.75) is 13.5 Å². The van der Waals surface area contributed by atoms with E-state index in [0.29, 0.717) is 13.2 Å². The van der Waals surface area contributed by atoms with Gasteiger partial charge in [0.2, 0.25) is 0 Å².